The molecule has 0 aliphatic carbocycles. The second kappa shape index (κ2) is 8.81. The lowest BCUT2D eigenvalue weighted by atomic mass is 10.2. The number of hydrogen-bond acceptors (Lipinski definition) is 6. The van der Waals surface area contributed by atoms with Gasteiger partial charge < -0.3 is 15.0 Å². The molecule has 0 atom stereocenters. The summed E-state index contributed by atoms with van der Waals surface area (Å²) in [4.78, 5) is 24.0. The minimum Gasteiger partial charge on any atom is -0.378 e. The van der Waals surface area contributed by atoms with Gasteiger partial charge in [0.15, 0.2) is 5.82 Å². The van der Waals surface area contributed by atoms with Crippen molar-refractivity contribution in [3.8, 4) is 5.82 Å². The molecule has 0 bridgehead atoms. The highest BCUT2D eigenvalue weighted by atomic mass is 35.5. The number of hydrogen-bond donors (Lipinski definition) is 1. The first-order chi connectivity index (χ1) is 14.5. The molecule has 30 heavy (non-hydrogen) atoms. The second-order valence-electron chi connectivity index (χ2n) is 7.11. The summed E-state index contributed by atoms with van der Waals surface area (Å²) in [6.45, 7) is 7.05. The number of carbonyl (C=O) groups excluding carboxylic acids is 1. The molecule has 4 rings (SSSR count). The van der Waals surface area contributed by atoms with Crippen LogP contribution in [-0.2, 0) is 11.3 Å². The number of pyridine rings is 2. The molecular formula is C21H23ClN6O2. The van der Waals surface area contributed by atoms with Gasteiger partial charge in [-0.05, 0) is 38.1 Å². The van der Waals surface area contributed by atoms with Crippen molar-refractivity contribution in [1.82, 2.24) is 25.1 Å². The van der Waals surface area contributed by atoms with Crippen molar-refractivity contribution in [2.45, 2.75) is 20.4 Å². The molecular weight excluding hydrogens is 404 g/mol. The summed E-state index contributed by atoms with van der Waals surface area (Å²) in [5, 5.41) is 7.63. The molecule has 3 aromatic rings. The van der Waals surface area contributed by atoms with Crippen LogP contribution < -0.4 is 10.2 Å². The van der Waals surface area contributed by atoms with Crippen molar-refractivity contribution in [1.29, 1.82) is 0 Å². The molecule has 3 aromatic heterocycles. The van der Waals surface area contributed by atoms with Crippen molar-refractivity contribution in [2.24, 2.45) is 0 Å². The fourth-order valence-corrected chi connectivity index (χ4v) is 3.65. The standard InChI is InChI=1S/C21H23ClN6O2/c1-14-12-15(2)28(26-14)18-6-5-17(22)19(25-18)21(29)24-13-16-4-3-7-23-20(16)27-8-10-30-11-9-27/h3-7,12H,8-11,13H2,1-2H3,(H,24,29). The van der Waals surface area contributed by atoms with Gasteiger partial charge in [-0.15, -0.1) is 0 Å². The van der Waals surface area contributed by atoms with Gasteiger partial charge in [-0.25, -0.2) is 14.6 Å². The van der Waals surface area contributed by atoms with Crippen molar-refractivity contribution in [3.63, 3.8) is 0 Å². The summed E-state index contributed by atoms with van der Waals surface area (Å²) in [7, 11) is 0. The first-order valence-corrected chi connectivity index (χ1v) is 10.2. The van der Waals surface area contributed by atoms with Gasteiger partial charge in [-0.3, -0.25) is 4.79 Å². The Labute approximate surface area is 179 Å². The van der Waals surface area contributed by atoms with Gasteiger partial charge >= 0.3 is 0 Å². The van der Waals surface area contributed by atoms with Crippen LogP contribution in [0.1, 0.15) is 27.4 Å². The van der Waals surface area contributed by atoms with E-state index in [1.807, 2.05) is 32.0 Å². The molecule has 0 aromatic carbocycles. The maximum absolute atomic E-state index is 12.9. The number of morpholine rings is 1. The zero-order valence-electron chi connectivity index (χ0n) is 16.9. The first-order valence-electron chi connectivity index (χ1n) is 9.78. The summed E-state index contributed by atoms with van der Waals surface area (Å²) in [5.74, 6) is 1.06. The van der Waals surface area contributed by atoms with E-state index < -0.39 is 0 Å². The van der Waals surface area contributed by atoms with E-state index in [-0.39, 0.29) is 16.6 Å². The molecule has 1 saturated heterocycles. The van der Waals surface area contributed by atoms with E-state index in [0.717, 1.165) is 35.9 Å². The predicted molar refractivity (Wildman–Crippen MR) is 114 cm³/mol. The van der Waals surface area contributed by atoms with Gasteiger partial charge in [0.05, 0.1) is 23.9 Å². The van der Waals surface area contributed by atoms with Crippen LogP contribution in [0.3, 0.4) is 0 Å². The number of aromatic nitrogens is 4. The monoisotopic (exact) mass is 426 g/mol. The maximum Gasteiger partial charge on any atom is 0.271 e. The zero-order valence-corrected chi connectivity index (χ0v) is 17.7. The second-order valence-corrected chi connectivity index (χ2v) is 7.51. The van der Waals surface area contributed by atoms with Gasteiger partial charge in [0, 0.05) is 37.1 Å². The largest absolute Gasteiger partial charge is 0.378 e. The Balaban J connectivity index is 1.53. The highest BCUT2D eigenvalue weighted by Gasteiger charge is 2.18. The Morgan fingerprint density at radius 1 is 1.23 bits per heavy atom. The molecule has 156 valence electrons. The van der Waals surface area contributed by atoms with E-state index in [4.69, 9.17) is 16.3 Å². The van der Waals surface area contributed by atoms with Gasteiger partial charge in [0.1, 0.15) is 11.5 Å². The topological polar surface area (TPSA) is 85.2 Å². The van der Waals surface area contributed by atoms with Crippen molar-refractivity contribution in [3.05, 3.63) is 64.2 Å². The number of carbonyl (C=O) groups is 1. The molecule has 0 saturated carbocycles. The van der Waals surface area contributed by atoms with Crippen molar-refractivity contribution >= 4 is 23.3 Å². The highest BCUT2D eigenvalue weighted by molar-refractivity contribution is 6.33. The van der Waals surface area contributed by atoms with Crippen molar-refractivity contribution in [2.75, 3.05) is 31.2 Å². The molecule has 0 unspecified atom stereocenters. The molecule has 8 nitrogen and oxygen atoms in total. The third-order valence-corrected chi connectivity index (χ3v) is 5.20. The first kappa shape index (κ1) is 20.3. The van der Waals surface area contributed by atoms with Gasteiger partial charge in [-0.1, -0.05) is 17.7 Å². The Kier molecular flexibility index (Phi) is 5.96. The lowest BCUT2D eigenvalue weighted by molar-refractivity contribution is 0.0945. The quantitative estimate of drug-likeness (QED) is 0.675. The number of ether oxygens (including phenoxy) is 1. The third-order valence-electron chi connectivity index (χ3n) is 4.89. The van der Waals surface area contributed by atoms with E-state index in [2.05, 4.69) is 25.3 Å². The molecule has 9 heteroatoms. The Hall–Kier alpha value is -2.97. The van der Waals surface area contributed by atoms with Crippen LogP contribution in [-0.4, -0.2) is 52.0 Å². The van der Waals surface area contributed by atoms with Crippen LogP contribution in [0.4, 0.5) is 5.82 Å². The van der Waals surface area contributed by atoms with Crippen LogP contribution in [0.2, 0.25) is 5.02 Å². The smallest absolute Gasteiger partial charge is 0.271 e. The molecule has 0 radical (unpaired) electrons. The summed E-state index contributed by atoms with van der Waals surface area (Å²) in [6, 6.07) is 9.18. The minimum atomic E-state index is -0.347. The predicted octanol–water partition coefficient (Wildman–Crippen LogP) is 2.70. The van der Waals surface area contributed by atoms with Gasteiger partial charge in [-0.2, -0.15) is 5.10 Å². The molecule has 4 heterocycles. The van der Waals surface area contributed by atoms with E-state index in [0.29, 0.717) is 25.6 Å². The lowest BCUT2D eigenvalue weighted by Gasteiger charge is -2.29. The lowest BCUT2D eigenvalue weighted by Crippen LogP contribution is -2.38. The third kappa shape index (κ3) is 4.29. The van der Waals surface area contributed by atoms with Crippen LogP contribution in [0.25, 0.3) is 5.82 Å². The highest BCUT2D eigenvalue weighted by Crippen LogP contribution is 2.20. The summed E-state index contributed by atoms with van der Waals surface area (Å²) < 4.78 is 7.11. The van der Waals surface area contributed by atoms with E-state index >= 15 is 0 Å². The maximum atomic E-state index is 12.9. The Morgan fingerprint density at radius 2 is 2.03 bits per heavy atom. The summed E-state index contributed by atoms with van der Waals surface area (Å²) >= 11 is 6.27. The van der Waals surface area contributed by atoms with Gasteiger partial charge in [0.25, 0.3) is 5.91 Å². The van der Waals surface area contributed by atoms with E-state index in [1.54, 1.807) is 23.0 Å². The Morgan fingerprint density at radius 3 is 2.77 bits per heavy atom. The number of nitrogens with zero attached hydrogens (tertiary/aromatic N) is 5. The minimum absolute atomic E-state index is 0.165. The molecule has 1 aliphatic heterocycles. The van der Waals surface area contributed by atoms with Gasteiger partial charge in [0.2, 0.25) is 0 Å². The number of anilines is 1. The van der Waals surface area contributed by atoms with Crippen LogP contribution in [0.15, 0.2) is 36.5 Å². The van der Waals surface area contributed by atoms with Crippen LogP contribution in [0, 0.1) is 13.8 Å². The fourth-order valence-electron chi connectivity index (χ4n) is 3.46. The number of halogens is 1. The molecule has 0 spiro atoms. The van der Waals surface area contributed by atoms with E-state index in [9.17, 15) is 4.79 Å². The molecule has 1 fully saturated rings. The number of rotatable bonds is 5. The fraction of sp³-hybridized carbons (Fsp3) is 0.333. The number of aryl methyl sites for hydroxylation is 2. The average Bonchev–Trinajstić information content (AvgIpc) is 3.11. The van der Waals surface area contributed by atoms with E-state index in [1.165, 1.54) is 0 Å². The molecule has 1 aliphatic rings. The molecule has 1 N–H and O–H groups in total. The number of nitrogens with one attached hydrogen (secondary N) is 1. The zero-order chi connectivity index (χ0) is 21.1. The number of amides is 1. The normalized spacial score (nSPS) is 14.0. The average molecular weight is 427 g/mol. The SMILES string of the molecule is Cc1cc(C)n(-c2ccc(Cl)c(C(=O)NCc3cccnc3N3CCOCC3)n2)n1. The van der Waals surface area contributed by atoms with Crippen molar-refractivity contribution < 1.29 is 9.53 Å². The van der Waals surface area contributed by atoms with Crippen LogP contribution in [0.5, 0.6) is 0 Å². The van der Waals surface area contributed by atoms with Crippen LogP contribution >= 0.6 is 11.6 Å². The Bertz CT molecular complexity index is 1060. The molecule has 1 amide bonds. The summed E-state index contributed by atoms with van der Waals surface area (Å²) in [6.07, 6.45) is 1.76. The summed E-state index contributed by atoms with van der Waals surface area (Å²) in [5.41, 5.74) is 2.90.